The van der Waals surface area contributed by atoms with Crippen molar-refractivity contribution in [2.24, 2.45) is 0 Å². The molecule has 0 atom stereocenters. The first-order valence-electron chi connectivity index (χ1n) is 13.2. The summed E-state index contributed by atoms with van der Waals surface area (Å²) in [5, 5.41) is 32.5. The Bertz CT molecular complexity index is 2030. The minimum atomic E-state index is 0.661. The Morgan fingerprint density at radius 1 is 0.300 bits per heavy atom. The van der Waals surface area contributed by atoms with Crippen molar-refractivity contribution in [3.05, 3.63) is 145 Å². The molecule has 0 radical (unpaired) electrons. The summed E-state index contributed by atoms with van der Waals surface area (Å²) in [6.45, 7) is 0. The van der Waals surface area contributed by atoms with E-state index in [2.05, 4.69) is 84.9 Å². The molecule has 12 bridgehead atoms. The molecule has 0 amide bonds. The number of rotatable bonds is 0. The molecule has 0 aromatic heterocycles. The number of nitriles is 2. The number of fused-ring (bicyclic) bond motifs is 18. The summed E-state index contributed by atoms with van der Waals surface area (Å²) >= 11 is 0. The highest BCUT2D eigenvalue weighted by molar-refractivity contribution is 6.05. The molecule has 0 aliphatic rings. The number of hydrogen-bond acceptors (Lipinski definition) is 2. The van der Waals surface area contributed by atoms with E-state index >= 15 is 0 Å². The van der Waals surface area contributed by atoms with E-state index in [4.69, 9.17) is 0 Å². The van der Waals surface area contributed by atoms with Gasteiger partial charge in [-0.05, 0) is 67.4 Å². The second kappa shape index (κ2) is 9.55. The third-order valence-electron chi connectivity index (χ3n) is 7.71. The Kier molecular flexibility index (Phi) is 5.59. The van der Waals surface area contributed by atoms with Gasteiger partial charge in [-0.15, -0.1) is 0 Å². The fraction of sp³-hybridized carbons (Fsp3) is 0. The summed E-state index contributed by atoms with van der Waals surface area (Å²) in [5.74, 6) is 0. The van der Waals surface area contributed by atoms with Gasteiger partial charge in [-0.2, -0.15) is 10.5 Å². The molecule has 0 spiro atoms. The minimum Gasteiger partial charge on any atom is -0.192 e. The zero-order valence-corrected chi connectivity index (χ0v) is 21.6. The summed E-state index contributed by atoms with van der Waals surface area (Å²) in [5.41, 5.74) is 1.32. The maximum Gasteiger partial charge on any atom is 0.100 e. The van der Waals surface area contributed by atoms with E-state index < -0.39 is 0 Å². The molecule has 0 unspecified atom stereocenters. The summed E-state index contributed by atoms with van der Waals surface area (Å²) in [7, 11) is 0. The highest BCUT2D eigenvalue weighted by Gasteiger charge is 2.07. The summed E-state index contributed by atoms with van der Waals surface area (Å²) in [6.07, 6.45) is 0. The van der Waals surface area contributed by atoms with Gasteiger partial charge in [-0.25, -0.2) is 0 Å². The van der Waals surface area contributed by atoms with Gasteiger partial charge in [0.05, 0.1) is 11.1 Å². The van der Waals surface area contributed by atoms with Crippen LogP contribution in [0.3, 0.4) is 0 Å². The van der Waals surface area contributed by atoms with Crippen LogP contribution in [0.25, 0.3) is 64.6 Å². The SMILES string of the molecule is N#Cc1c2cccc1c1cccc(c1)c1cccc(c1)c1cccc(c1C#N)c1cccc(c1)c1cccc2c1. The molecular formula is C38H22N2. The highest BCUT2D eigenvalue weighted by Crippen LogP contribution is 2.30. The summed E-state index contributed by atoms with van der Waals surface area (Å²) in [6, 6.07) is 50.5. The van der Waals surface area contributed by atoms with E-state index in [0.29, 0.717) is 11.1 Å². The van der Waals surface area contributed by atoms with Crippen LogP contribution in [0.1, 0.15) is 11.1 Å². The lowest BCUT2D eigenvalue weighted by atomic mass is 9.97. The molecule has 0 saturated heterocycles. The van der Waals surface area contributed by atoms with E-state index in [1.54, 1.807) is 0 Å². The Labute approximate surface area is 231 Å². The van der Waals surface area contributed by atoms with Gasteiger partial charge in [0.15, 0.2) is 0 Å². The summed E-state index contributed by atoms with van der Waals surface area (Å²) in [4.78, 5) is 0. The lowest BCUT2D eigenvalue weighted by Gasteiger charge is -2.05. The Morgan fingerprint density at radius 2 is 0.525 bits per heavy atom. The van der Waals surface area contributed by atoms with E-state index in [0.717, 1.165) is 64.6 Å². The molecule has 0 heterocycles. The molecule has 40 heavy (non-hydrogen) atoms. The molecule has 0 N–H and O–H groups in total. The van der Waals surface area contributed by atoms with E-state index in [-0.39, 0.29) is 0 Å². The van der Waals surface area contributed by atoms with Crippen molar-refractivity contribution in [2.45, 2.75) is 0 Å². The summed E-state index contributed by atoms with van der Waals surface area (Å²) < 4.78 is 0. The molecule has 2 heteroatoms. The molecule has 7 aromatic carbocycles. The third-order valence-corrected chi connectivity index (χ3v) is 7.71. The zero-order chi connectivity index (χ0) is 27.1. The highest BCUT2D eigenvalue weighted by atomic mass is 14.3. The van der Waals surface area contributed by atoms with Gasteiger partial charge in [-0.3, -0.25) is 0 Å². The van der Waals surface area contributed by atoms with Crippen molar-refractivity contribution in [3.63, 3.8) is 0 Å². The molecule has 2 nitrogen and oxygen atoms in total. The third kappa shape index (κ3) is 3.88. The van der Waals surface area contributed by atoms with Gasteiger partial charge in [0, 0.05) is 21.5 Å². The molecule has 0 fully saturated rings. The van der Waals surface area contributed by atoms with Gasteiger partial charge in [0.25, 0.3) is 0 Å². The van der Waals surface area contributed by atoms with Crippen LogP contribution < -0.4 is 0 Å². The predicted molar refractivity (Wildman–Crippen MR) is 167 cm³/mol. The first-order chi connectivity index (χ1) is 19.7. The number of nitrogens with zero attached hydrogens (tertiary/aromatic N) is 2. The van der Waals surface area contributed by atoms with Gasteiger partial charge in [-0.1, -0.05) is 109 Å². The average Bonchev–Trinajstić information content (AvgIpc) is 3.03. The lowest BCUT2D eigenvalue weighted by Crippen LogP contribution is -1.83. The van der Waals surface area contributed by atoms with Crippen molar-refractivity contribution in [1.82, 2.24) is 0 Å². The minimum absolute atomic E-state index is 0.661. The average molecular weight is 507 g/mol. The quantitative estimate of drug-likeness (QED) is 0.205. The lowest BCUT2D eigenvalue weighted by molar-refractivity contribution is 1.52. The van der Waals surface area contributed by atoms with Crippen LogP contribution >= 0.6 is 0 Å². The fourth-order valence-electron chi connectivity index (χ4n) is 5.77. The van der Waals surface area contributed by atoms with Gasteiger partial charge < -0.3 is 0 Å². The van der Waals surface area contributed by atoms with Crippen LogP contribution in [0, 0.1) is 22.7 Å². The maximum absolute atomic E-state index is 10.4. The van der Waals surface area contributed by atoms with Crippen LogP contribution in [-0.4, -0.2) is 0 Å². The molecule has 7 rings (SSSR count). The fourth-order valence-corrected chi connectivity index (χ4v) is 5.77. The topological polar surface area (TPSA) is 47.6 Å². The van der Waals surface area contributed by atoms with Crippen LogP contribution in [0.15, 0.2) is 133 Å². The predicted octanol–water partition coefficient (Wildman–Crippen LogP) is 10.0. The van der Waals surface area contributed by atoms with E-state index in [9.17, 15) is 10.5 Å². The van der Waals surface area contributed by atoms with Crippen molar-refractivity contribution < 1.29 is 0 Å². The Hall–Kier alpha value is -5.70. The molecule has 7 aromatic rings. The van der Waals surface area contributed by atoms with Crippen LogP contribution in [0.5, 0.6) is 0 Å². The second-order valence-electron chi connectivity index (χ2n) is 10.0. The molecule has 0 saturated carbocycles. The number of benzene rings is 6. The largest absolute Gasteiger partial charge is 0.192 e. The van der Waals surface area contributed by atoms with E-state index in [1.165, 1.54) is 0 Å². The molecular weight excluding hydrogens is 484 g/mol. The van der Waals surface area contributed by atoms with Gasteiger partial charge in [0.1, 0.15) is 12.1 Å². The smallest absolute Gasteiger partial charge is 0.100 e. The zero-order valence-electron chi connectivity index (χ0n) is 21.6. The standard InChI is InChI=1S/C38H22N2/c39-23-37-33-15-5-16-34(37)31-13-3-9-27(21-31)28-10-4-14-32(22-28)36-18-6-17-35(38(36)24-40)30-12-2-8-26(20-30)25-7-1-11-29(33)19-25/h1-22H. The van der Waals surface area contributed by atoms with E-state index in [1.807, 2.05) is 60.7 Å². The van der Waals surface area contributed by atoms with Crippen LogP contribution in [-0.2, 0) is 0 Å². The molecule has 0 aliphatic carbocycles. The van der Waals surface area contributed by atoms with Gasteiger partial charge in [0.2, 0.25) is 0 Å². The number of hydrogen-bond donors (Lipinski definition) is 0. The van der Waals surface area contributed by atoms with Crippen molar-refractivity contribution in [2.75, 3.05) is 0 Å². The second-order valence-corrected chi connectivity index (χ2v) is 10.0. The first-order valence-corrected chi connectivity index (χ1v) is 13.2. The van der Waals surface area contributed by atoms with Crippen molar-refractivity contribution in [3.8, 4) is 12.1 Å². The van der Waals surface area contributed by atoms with Crippen molar-refractivity contribution >= 4 is 64.6 Å². The molecule has 184 valence electrons. The Balaban J connectivity index is 1.79. The normalized spacial score (nSPS) is 10.9. The van der Waals surface area contributed by atoms with Crippen molar-refractivity contribution in [1.29, 1.82) is 10.5 Å². The van der Waals surface area contributed by atoms with Crippen LogP contribution in [0.4, 0.5) is 0 Å². The first kappa shape index (κ1) is 23.4. The molecule has 0 aliphatic heterocycles. The Morgan fingerprint density at radius 3 is 0.775 bits per heavy atom. The maximum atomic E-state index is 10.4. The monoisotopic (exact) mass is 506 g/mol. The van der Waals surface area contributed by atoms with Crippen LogP contribution in [0.2, 0.25) is 0 Å². The van der Waals surface area contributed by atoms with Gasteiger partial charge >= 0.3 is 0 Å².